The van der Waals surface area contributed by atoms with E-state index in [1.165, 1.54) is 0 Å². The number of hydrogen-bond acceptors (Lipinski definition) is 5. The number of nitrogens with zero attached hydrogens (tertiary/aromatic N) is 2. The SMILES string of the molecule is CCCOc1ccc(/C=C\C(=O)NC2(c3noc(C)n3)CCCCC2)cc1. The molecule has 1 aromatic heterocycles. The Bertz CT molecular complexity index is 774. The minimum Gasteiger partial charge on any atom is -0.494 e. The first-order valence-corrected chi connectivity index (χ1v) is 9.65. The largest absolute Gasteiger partial charge is 0.494 e. The van der Waals surface area contributed by atoms with Crippen LogP contribution in [0.3, 0.4) is 0 Å². The lowest BCUT2D eigenvalue weighted by molar-refractivity contribution is -0.119. The second kappa shape index (κ2) is 8.84. The van der Waals surface area contributed by atoms with Crippen LogP contribution in [0.15, 0.2) is 34.9 Å². The normalized spacial score (nSPS) is 16.4. The molecule has 0 saturated heterocycles. The molecule has 1 fully saturated rings. The van der Waals surface area contributed by atoms with Crippen molar-refractivity contribution in [2.45, 2.75) is 57.9 Å². The highest BCUT2D eigenvalue weighted by atomic mass is 16.5. The summed E-state index contributed by atoms with van der Waals surface area (Å²) in [6.45, 7) is 4.54. The van der Waals surface area contributed by atoms with Crippen LogP contribution in [-0.2, 0) is 10.3 Å². The van der Waals surface area contributed by atoms with Crippen LogP contribution >= 0.6 is 0 Å². The third-order valence-corrected chi connectivity index (χ3v) is 4.81. The molecule has 1 aromatic carbocycles. The molecule has 144 valence electrons. The fourth-order valence-corrected chi connectivity index (χ4v) is 3.40. The molecule has 1 amide bonds. The van der Waals surface area contributed by atoms with Crippen molar-refractivity contribution >= 4 is 12.0 Å². The van der Waals surface area contributed by atoms with E-state index < -0.39 is 5.54 Å². The van der Waals surface area contributed by atoms with Gasteiger partial charge >= 0.3 is 0 Å². The summed E-state index contributed by atoms with van der Waals surface area (Å²) in [6.07, 6.45) is 9.24. The summed E-state index contributed by atoms with van der Waals surface area (Å²) in [6, 6.07) is 7.71. The Hall–Kier alpha value is -2.63. The lowest BCUT2D eigenvalue weighted by atomic mass is 9.81. The van der Waals surface area contributed by atoms with E-state index in [4.69, 9.17) is 9.26 Å². The summed E-state index contributed by atoms with van der Waals surface area (Å²) in [5.41, 5.74) is 0.414. The van der Waals surface area contributed by atoms with Crippen LogP contribution in [-0.4, -0.2) is 22.7 Å². The van der Waals surface area contributed by atoms with Crippen LogP contribution in [0.2, 0.25) is 0 Å². The number of aryl methyl sites for hydroxylation is 1. The summed E-state index contributed by atoms with van der Waals surface area (Å²) in [4.78, 5) is 17.0. The van der Waals surface area contributed by atoms with Crippen molar-refractivity contribution in [1.82, 2.24) is 15.5 Å². The number of benzene rings is 1. The van der Waals surface area contributed by atoms with Crippen molar-refractivity contribution < 1.29 is 14.1 Å². The number of ether oxygens (including phenoxy) is 1. The third-order valence-electron chi connectivity index (χ3n) is 4.81. The number of amides is 1. The van der Waals surface area contributed by atoms with Gasteiger partial charge in [-0.25, -0.2) is 0 Å². The maximum absolute atomic E-state index is 12.6. The van der Waals surface area contributed by atoms with Crippen LogP contribution in [0.1, 0.15) is 62.7 Å². The highest BCUT2D eigenvalue weighted by Gasteiger charge is 2.39. The van der Waals surface area contributed by atoms with E-state index in [-0.39, 0.29) is 5.91 Å². The van der Waals surface area contributed by atoms with E-state index >= 15 is 0 Å². The summed E-state index contributed by atoms with van der Waals surface area (Å²) in [7, 11) is 0. The van der Waals surface area contributed by atoms with Gasteiger partial charge in [0.1, 0.15) is 11.3 Å². The molecule has 0 radical (unpaired) electrons. The van der Waals surface area contributed by atoms with Crippen molar-refractivity contribution in [3.63, 3.8) is 0 Å². The average molecular weight is 369 g/mol. The lowest BCUT2D eigenvalue weighted by Crippen LogP contribution is -2.47. The van der Waals surface area contributed by atoms with E-state index in [9.17, 15) is 4.79 Å². The molecule has 0 spiro atoms. The fraction of sp³-hybridized carbons (Fsp3) is 0.476. The summed E-state index contributed by atoms with van der Waals surface area (Å²) in [5.74, 6) is 1.79. The van der Waals surface area contributed by atoms with Gasteiger partial charge in [0.2, 0.25) is 11.8 Å². The van der Waals surface area contributed by atoms with Crippen molar-refractivity contribution in [3.05, 3.63) is 47.6 Å². The van der Waals surface area contributed by atoms with Gasteiger partial charge in [0.25, 0.3) is 0 Å². The van der Waals surface area contributed by atoms with Crippen LogP contribution in [0, 0.1) is 6.92 Å². The molecule has 27 heavy (non-hydrogen) atoms. The zero-order valence-corrected chi connectivity index (χ0v) is 16.0. The van der Waals surface area contributed by atoms with Crippen molar-refractivity contribution in [1.29, 1.82) is 0 Å². The highest BCUT2D eigenvalue weighted by molar-refractivity contribution is 5.92. The number of carbonyl (C=O) groups excluding carboxylic acids is 1. The molecule has 0 bridgehead atoms. The van der Waals surface area contributed by atoms with Crippen molar-refractivity contribution in [2.24, 2.45) is 0 Å². The first-order chi connectivity index (χ1) is 13.1. The maximum atomic E-state index is 12.6. The lowest BCUT2D eigenvalue weighted by Gasteiger charge is -2.34. The average Bonchev–Trinajstić information content (AvgIpc) is 3.13. The smallest absolute Gasteiger partial charge is 0.244 e. The van der Waals surface area contributed by atoms with E-state index in [1.807, 2.05) is 24.3 Å². The van der Waals surface area contributed by atoms with Gasteiger partial charge in [-0.1, -0.05) is 43.5 Å². The van der Waals surface area contributed by atoms with Gasteiger partial charge in [-0.2, -0.15) is 4.98 Å². The van der Waals surface area contributed by atoms with Crippen molar-refractivity contribution in [2.75, 3.05) is 6.61 Å². The van der Waals surface area contributed by atoms with Crippen LogP contribution in [0.5, 0.6) is 5.75 Å². The predicted octanol–water partition coefficient (Wildman–Crippen LogP) is 4.16. The molecule has 1 aliphatic carbocycles. The number of carbonyl (C=O) groups is 1. The Morgan fingerprint density at radius 1 is 1.26 bits per heavy atom. The number of hydrogen-bond donors (Lipinski definition) is 1. The van der Waals surface area contributed by atoms with E-state index in [0.717, 1.165) is 49.8 Å². The first kappa shape index (κ1) is 19.1. The molecule has 6 heteroatoms. The van der Waals surface area contributed by atoms with Crippen molar-refractivity contribution in [3.8, 4) is 5.75 Å². The fourth-order valence-electron chi connectivity index (χ4n) is 3.40. The molecule has 1 aliphatic rings. The molecule has 6 nitrogen and oxygen atoms in total. The van der Waals surface area contributed by atoms with Gasteiger partial charge in [0.15, 0.2) is 5.82 Å². The Kier molecular flexibility index (Phi) is 6.27. The van der Waals surface area contributed by atoms with Crippen LogP contribution in [0.25, 0.3) is 6.08 Å². The minimum atomic E-state index is -0.532. The Morgan fingerprint density at radius 2 is 2.00 bits per heavy atom. The monoisotopic (exact) mass is 369 g/mol. The number of rotatable bonds is 7. The molecule has 1 heterocycles. The third kappa shape index (κ3) is 4.96. The Balaban J connectivity index is 1.66. The molecule has 0 atom stereocenters. The Morgan fingerprint density at radius 3 is 2.63 bits per heavy atom. The Labute approximate surface area is 160 Å². The molecule has 2 aromatic rings. The molecule has 3 rings (SSSR count). The van der Waals surface area contributed by atoms with Gasteiger partial charge < -0.3 is 14.6 Å². The van der Waals surface area contributed by atoms with Crippen LogP contribution in [0.4, 0.5) is 0 Å². The van der Waals surface area contributed by atoms with Gasteiger partial charge in [-0.15, -0.1) is 0 Å². The van der Waals surface area contributed by atoms with E-state index in [2.05, 4.69) is 22.4 Å². The number of nitrogens with one attached hydrogen (secondary N) is 1. The second-order valence-electron chi connectivity index (χ2n) is 7.02. The molecular formula is C21H27N3O3. The highest BCUT2D eigenvalue weighted by Crippen LogP contribution is 2.35. The van der Waals surface area contributed by atoms with Gasteiger partial charge in [-0.3, -0.25) is 4.79 Å². The summed E-state index contributed by atoms with van der Waals surface area (Å²) >= 11 is 0. The zero-order valence-electron chi connectivity index (χ0n) is 16.0. The standard InChI is InChI=1S/C21H27N3O3/c1-3-15-26-18-10-7-17(8-11-18)9-12-19(25)23-21(13-5-4-6-14-21)20-22-16(2)27-24-20/h7-12H,3-6,13-15H2,1-2H3,(H,23,25)/b12-9-. The van der Waals surface area contributed by atoms with E-state index in [1.54, 1.807) is 19.1 Å². The topological polar surface area (TPSA) is 77.2 Å². The predicted molar refractivity (Wildman–Crippen MR) is 103 cm³/mol. The van der Waals surface area contributed by atoms with E-state index in [0.29, 0.717) is 18.3 Å². The summed E-state index contributed by atoms with van der Waals surface area (Å²) < 4.78 is 10.7. The number of aromatic nitrogens is 2. The zero-order chi connectivity index (χ0) is 19.1. The van der Waals surface area contributed by atoms with Crippen LogP contribution < -0.4 is 10.1 Å². The molecule has 1 saturated carbocycles. The molecule has 0 unspecified atom stereocenters. The molecule has 1 N–H and O–H groups in total. The minimum absolute atomic E-state index is 0.148. The van der Waals surface area contributed by atoms with Gasteiger partial charge in [0, 0.05) is 13.0 Å². The molecular weight excluding hydrogens is 342 g/mol. The second-order valence-corrected chi connectivity index (χ2v) is 7.02. The van der Waals surface area contributed by atoms with Gasteiger partial charge in [-0.05, 0) is 43.0 Å². The maximum Gasteiger partial charge on any atom is 0.244 e. The van der Waals surface area contributed by atoms with Gasteiger partial charge in [0.05, 0.1) is 6.61 Å². The molecule has 0 aliphatic heterocycles. The summed E-state index contributed by atoms with van der Waals surface area (Å²) in [5, 5.41) is 7.21. The quantitative estimate of drug-likeness (QED) is 0.742. The first-order valence-electron chi connectivity index (χ1n) is 9.65.